The van der Waals surface area contributed by atoms with Crippen LogP contribution in [0.3, 0.4) is 0 Å². The minimum atomic E-state index is 0.789. The van der Waals surface area contributed by atoms with Crippen LogP contribution in [0.5, 0.6) is 11.5 Å². The summed E-state index contributed by atoms with van der Waals surface area (Å²) in [6.45, 7) is 0. The number of allylic oxidation sites excluding steroid dienone is 1. The molecular weight excluding hydrogens is 248 g/mol. The molecule has 2 heterocycles. The van der Waals surface area contributed by atoms with Crippen LogP contribution in [-0.4, -0.2) is 14.2 Å². The molecular formula is C14H12O3S. The molecule has 3 rings (SSSR count). The molecule has 18 heavy (non-hydrogen) atoms. The summed E-state index contributed by atoms with van der Waals surface area (Å²) in [6, 6.07) is 5.81. The first-order valence-electron chi connectivity index (χ1n) is 5.50. The lowest BCUT2D eigenvalue weighted by Crippen LogP contribution is -2.06. The van der Waals surface area contributed by atoms with Gasteiger partial charge in [-0.3, -0.25) is 0 Å². The minimum absolute atomic E-state index is 0.789. The molecule has 0 saturated carbocycles. The van der Waals surface area contributed by atoms with Gasteiger partial charge >= 0.3 is 0 Å². The second-order valence-electron chi connectivity index (χ2n) is 3.87. The fourth-order valence-electron chi connectivity index (χ4n) is 1.81. The van der Waals surface area contributed by atoms with E-state index < -0.39 is 0 Å². The van der Waals surface area contributed by atoms with Crippen LogP contribution < -0.4 is 9.47 Å². The summed E-state index contributed by atoms with van der Waals surface area (Å²) >= 11 is 1.60. The number of benzene rings is 1. The number of ether oxygens (including phenoxy) is 3. The van der Waals surface area contributed by atoms with Crippen LogP contribution in [0.15, 0.2) is 46.1 Å². The first-order chi connectivity index (χ1) is 8.80. The Kier molecular flexibility index (Phi) is 2.80. The largest absolute Gasteiger partial charge is 0.497 e. The second-order valence-corrected chi connectivity index (χ2v) is 4.78. The van der Waals surface area contributed by atoms with Crippen molar-refractivity contribution >= 4 is 17.8 Å². The molecule has 0 radical (unpaired) electrons. The van der Waals surface area contributed by atoms with E-state index in [1.54, 1.807) is 26.0 Å². The van der Waals surface area contributed by atoms with Gasteiger partial charge in [-0.05, 0) is 18.2 Å². The normalized spacial score (nSPS) is 16.4. The number of hydrogen-bond donors (Lipinski definition) is 0. The first kappa shape index (κ1) is 11.3. The summed E-state index contributed by atoms with van der Waals surface area (Å²) in [6.07, 6.45) is 4.00. The molecule has 0 atom stereocenters. The smallest absolute Gasteiger partial charge is 0.145 e. The third-order valence-electron chi connectivity index (χ3n) is 2.78. The maximum atomic E-state index is 5.88. The van der Waals surface area contributed by atoms with E-state index in [1.165, 1.54) is 0 Å². The van der Waals surface area contributed by atoms with Crippen LogP contribution in [0.1, 0.15) is 5.56 Å². The highest BCUT2D eigenvalue weighted by Crippen LogP contribution is 2.41. The molecule has 0 aromatic heterocycles. The fraction of sp³-hybridized carbons (Fsp3) is 0.143. The molecule has 1 aromatic rings. The number of fused-ring (bicyclic) bond motifs is 2. The van der Waals surface area contributed by atoms with Gasteiger partial charge in [0.1, 0.15) is 23.0 Å². The summed E-state index contributed by atoms with van der Waals surface area (Å²) in [4.78, 5) is 1.09. The maximum absolute atomic E-state index is 5.88. The van der Waals surface area contributed by atoms with Crippen LogP contribution in [0, 0.1) is 0 Å². The van der Waals surface area contributed by atoms with Crippen molar-refractivity contribution in [2.75, 3.05) is 14.2 Å². The Labute approximate surface area is 110 Å². The van der Waals surface area contributed by atoms with Crippen LogP contribution in [0.4, 0.5) is 0 Å². The van der Waals surface area contributed by atoms with Crippen molar-refractivity contribution in [3.8, 4) is 11.5 Å². The first-order valence-corrected chi connectivity index (χ1v) is 6.38. The number of hydrogen-bond acceptors (Lipinski definition) is 4. The highest BCUT2D eigenvalue weighted by molar-refractivity contribution is 8.06. The van der Waals surface area contributed by atoms with E-state index in [4.69, 9.17) is 14.2 Å². The van der Waals surface area contributed by atoms with Gasteiger partial charge in [0, 0.05) is 23.1 Å². The molecule has 4 heteroatoms. The van der Waals surface area contributed by atoms with Gasteiger partial charge in [-0.25, -0.2) is 0 Å². The Balaban J connectivity index is 2.01. The zero-order valence-electron chi connectivity index (χ0n) is 10.1. The standard InChI is InChI=1S/C14H12O3S/c1-15-10-4-3-9-5-14-13(17-12(9)6-10)7-11(16-2)8-18-14/h3-8H,1-2H3. The molecule has 2 aliphatic rings. The van der Waals surface area contributed by atoms with E-state index >= 15 is 0 Å². The molecule has 0 aliphatic carbocycles. The van der Waals surface area contributed by atoms with Gasteiger partial charge in [-0.15, -0.1) is 0 Å². The van der Waals surface area contributed by atoms with E-state index in [9.17, 15) is 0 Å². The Morgan fingerprint density at radius 3 is 2.78 bits per heavy atom. The number of thioether (sulfide) groups is 1. The molecule has 0 amide bonds. The lowest BCUT2D eigenvalue weighted by atomic mass is 10.1. The summed E-state index contributed by atoms with van der Waals surface area (Å²) < 4.78 is 16.3. The summed E-state index contributed by atoms with van der Waals surface area (Å²) in [5, 5.41) is 1.97. The predicted octanol–water partition coefficient (Wildman–Crippen LogP) is 3.55. The monoisotopic (exact) mass is 260 g/mol. The lowest BCUT2D eigenvalue weighted by molar-refractivity contribution is 0.303. The fourth-order valence-corrected chi connectivity index (χ4v) is 2.63. The molecule has 0 unspecified atom stereocenters. The van der Waals surface area contributed by atoms with Crippen molar-refractivity contribution in [1.29, 1.82) is 0 Å². The second kappa shape index (κ2) is 4.46. The van der Waals surface area contributed by atoms with Crippen molar-refractivity contribution < 1.29 is 14.2 Å². The highest BCUT2D eigenvalue weighted by Gasteiger charge is 2.21. The molecule has 0 fully saturated rings. The molecule has 2 aliphatic heterocycles. The SMILES string of the molecule is COC1=CSC2=Cc3ccc(OC)cc3OC2=C1. The molecule has 0 saturated heterocycles. The third-order valence-corrected chi connectivity index (χ3v) is 3.70. The van der Waals surface area contributed by atoms with E-state index in [1.807, 2.05) is 29.7 Å². The van der Waals surface area contributed by atoms with Gasteiger partial charge in [-0.2, -0.15) is 0 Å². The average molecular weight is 260 g/mol. The number of methoxy groups -OCH3 is 2. The minimum Gasteiger partial charge on any atom is -0.497 e. The lowest BCUT2D eigenvalue weighted by Gasteiger charge is -2.22. The molecule has 0 bridgehead atoms. The number of rotatable bonds is 2. The summed E-state index contributed by atoms with van der Waals surface area (Å²) in [7, 11) is 3.30. The Bertz CT molecular complexity index is 585. The van der Waals surface area contributed by atoms with Crippen LogP contribution in [-0.2, 0) is 4.74 Å². The average Bonchev–Trinajstić information content (AvgIpc) is 2.43. The zero-order valence-corrected chi connectivity index (χ0v) is 10.9. The molecule has 0 spiro atoms. The topological polar surface area (TPSA) is 27.7 Å². The molecule has 3 nitrogen and oxygen atoms in total. The van der Waals surface area contributed by atoms with Crippen molar-refractivity contribution in [2.24, 2.45) is 0 Å². The van der Waals surface area contributed by atoms with Gasteiger partial charge in [0.05, 0.1) is 19.1 Å². The Morgan fingerprint density at radius 1 is 1.11 bits per heavy atom. The van der Waals surface area contributed by atoms with Gasteiger partial charge in [0.25, 0.3) is 0 Å². The molecule has 1 aromatic carbocycles. The van der Waals surface area contributed by atoms with Crippen LogP contribution in [0.25, 0.3) is 6.08 Å². The van der Waals surface area contributed by atoms with E-state index in [2.05, 4.69) is 6.08 Å². The quantitative estimate of drug-likeness (QED) is 0.812. The molecule has 92 valence electrons. The van der Waals surface area contributed by atoms with Crippen molar-refractivity contribution in [1.82, 2.24) is 0 Å². The zero-order chi connectivity index (χ0) is 12.5. The van der Waals surface area contributed by atoms with E-state index in [0.29, 0.717) is 0 Å². The van der Waals surface area contributed by atoms with Gasteiger partial charge < -0.3 is 14.2 Å². The Morgan fingerprint density at radius 2 is 2.00 bits per heavy atom. The van der Waals surface area contributed by atoms with Gasteiger partial charge in [0.2, 0.25) is 0 Å². The Hall–Kier alpha value is -1.81. The predicted molar refractivity (Wildman–Crippen MR) is 72.4 cm³/mol. The summed E-state index contributed by atoms with van der Waals surface area (Å²) in [5.74, 6) is 3.22. The van der Waals surface area contributed by atoms with Crippen LogP contribution in [0.2, 0.25) is 0 Å². The molecule has 0 N–H and O–H groups in total. The summed E-state index contributed by atoms with van der Waals surface area (Å²) in [5.41, 5.74) is 1.06. The van der Waals surface area contributed by atoms with Crippen molar-refractivity contribution in [2.45, 2.75) is 0 Å². The van der Waals surface area contributed by atoms with Crippen LogP contribution >= 0.6 is 11.8 Å². The van der Waals surface area contributed by atoms with E-state index in [0.717, 1.165) is 33.5 Å². The van der Waals surface area contributed by atoms with Crippen molar-refractivity contribution in [3.63, 3.8) is 0 Å². The third kappa shape index (κ3) is 1.88. The van der Waals surface area contributed by atoms with Gasteiger partial charge in [-0.1, -0.05) is 11.8 Å². The highest BCUT2D eigenvalue weighted by atomic mass is 32.2. The van der Waals surface area contributed by atoms with E-state index in [-0.39, 0.29) is 0 Å². The van der Waals surface area contributed by atoms with Crippen molar-refractivity contribution in [3.05, 3.63) is 51.7 Å². The maximum Gasteiger partial charge on any atom is 0.145 e. The van der Waals surface area contributed by atoms with Gasteiger partial charge in [0.15, 0.2) is 0 Å².